The van der Waals surface area contributed by atoms with Crippen LogP contribution in [0.3, 0.4) is 0 Å². The van der Waals surface area contributed by atoms with Crippen molar-refractivity contribution in [2.24, 2.45) is 0 Å². The van der Waals surface area contributed by atoms with Gasteiger partial charge in [-0.2, -0.15) is 0 Å². The molecular weight excluding hydrogens is 351 g/mol. The summed E-state index contributed by atoms with van der Waals surface area (Å²) < 4.78 is 26.7. The summed E-state index contributed by atoms with van der Waals surface area (Å²) >= 11 is 11.6. The van der Waals surface area contributed by atoms with E-state index in [0.717, 1.165) is 6.07 Å². The second-order valence-electron chi connectivity index (χ2n) is 4.29. The molecule has 0 bridgehead atoms. The van der Waals surface area contributed by atoms with Gasteiger partial charge >= 0.3 is 0 Å². The first kappa shape index (κ1) is 16.7. The molecule has 0 atom stereocenters. The van der Waals surface area contributed by atoms with Crippen molar-refractivity contribution in [2.75, 3.05) is 0 Å². The number of sulfonamides is 1. The van der Waals surface area contributed by atoms with E-state index in [4.69, 9.17) is 23.2 Å². The van der Waals surface area contributed by atoms with Crippen LogP contribution in [0.15, 0.2) is 47.4 Å². The molecule has 0 spiro atoms. The summed E-state index contributed by atoms with van der Waals surface area (Å²) in [5.74, 6) is 0. The number of nitrogens with one attached hydrogen (secondary N) is 1. The number of benzene rings is 2. The van der Waals surface area contributed by atoms with Crippen molar-refractivity contribution in [1.29, 1.82) is 0 Å². The van der Waals surface area contributed by atoms with E-state index in [1.54, 1.807) is 24.3 Å². The third-order valence-electron chi connectivity index (χ3n) is 2.84. The lowest BCUT2D eigenvalue weighted by Crippen LogP contribution is -2.23. The number of hydrogen-bond acceptors (Lipinski definition) is 4. The van der Waals surface area contributed by atoms with Crippen LogP contribution in [0.4, 0.5) is 5.69 Å². The smallest absolute Gasteiger partial charge is 0.258 e. The fourth-order valence-electron chi connectivity index (χ4n) is 1.70. The average molecular weight is 361 g/mol. The van der Waals surface area contributed by atoms with Gasteiger partial charge in [0, 0.05) is 17.6 Å². The Morgan fingerprint density at radius 3 is 2.41 bits per heavy atom. The molecule has 1 N–H and O–H groups in total. The zero-order valence-corrected chi connectivity index (χ0v) is 13.3. The van der Waals surface area contributed by atoms with Crippen LogP contribution in [0.2, 0.25) is 10.0 Å². The number of nitro benzene ring substituents is 1. The van der Waals surface area contributed by atoms with Gasteiger partial charge in [0.1, 0.15) is 5.02 Å². The van der Waals surface area contributed by atoms with E-state index in [1.807, 2.05) is 0 Å². The normalized spacial score (nSPS) is 11.4. The van der Waals surface area contributed by atoms with Crippen molar-refractivity contribution in [1.82, 2.24) is 4.72 Å². The second kappa shape index (κ2) is 6.62. The largest absolute Gasteiger partial charge is 0.289 e. The summed E-state index contributed by atoms with van der Waals surface area (Å²) in [6.45, 7) is -0.0293. The number of halogens is 2. The molecule has 0 radical (unpaired) electrons. The predicted octanol–water partition coefficient (Wildman–Crippen LogP) is 3.38. The SMILES string of the molecule is O=[N+]([O-])c1cc(S(=O)(=O)NCc2ccccc2Cl)ccc1Cl. The highest BCUT2D eigenvalue weighted by Crippen LogP contribution is 2.27. The lowest BCUT2D eigenvalue weighted by atomic mass is 10.2. The third kappa shape index (κ3) is 3.75. The molecule has 2 aromatic rings. The van der Waals surface area contributed by atoms with Crippen LogP contribution in [0.5, 0.6) is 0 Å². The van der Waals surface area contributed by atoms with Gasteiger partial charge in [0.15, 0.2) is 0 Å². The van der Waals surface area contributed by atoms with Crippen LogP contribution < -0.4 is 4.72 Å². The van der Waals surface area contributed by atoms with Gasteiger partial charge in [-0.15, -0.1) is 0 Å². The lowest BCUT2D eigenvalue weighted by Gasteiger charge is -2.08. The minimum atomic E-state index is -3.92. The first-order valence-electron chi connectivity index (χ1n) is 5.98. The fraction of sp³-hybridized carbons (Fsp3) is 0.0769. The van der Waals surface area contributed by atoms with Crippen LogP contribution in [-0.4, -0.2) is 13.3 Å². The van der Waals surface area contributed by atoms with Crippen molar-refractivity contribution in [3.8, 4) is 0 Å². The van der Waals surface area contributed by atoms with Crippen molar-refractivity contribution < 1.29 is 13.3 Å². The Morgan fingerprint density at radius 2 is 1.77 bits per heavy atom. The van der Waals surface area contributed by atoms with E-state index in [-0.39, 0.29) is 16.5 Å². The Balaban J connectivity index is 2.26. The molecule has 0 amide bonds. The molecule has 2 rings (SSSR count). The van der Waals surface area contributed by atoms with Crippen molar-refractivity contribution >= 4 is 38.9 Å². The third-order valence-corrected chi connectivity index (χ3v) is 4.92. The predicted molar refractivity (Wildman–Crippen MR) is 83.6 cm³/mol. The van der Waals surface area contributed by atoms with Crippen LogP contribution >= 0.6 is 23.2 Å². The summed E-state index contributed by atoms with van der Waals surface area (Å²) in [5, 5.41) is 11.1. The number of nitrogens with zero attached hydrogens (tertiary/aromatic N) is 1. The Kier molecular flexibility index (Phi) is 5.02. The minimum absolute atomic E-state index is 0.0293. The monoisotopic (exact) mass is 360 g/mol. The summed E-state index contributed by atoms with van der Waals surface area (Å²) in [6.07, 6.45) is 0. The highest BCUT2D eigenvalue weighted by Gasteiger charge is 2.20. The molecule has 116 valence electrons. The molecule has 0 aromatic heterocycles. The summed E-state index contributed by atoms with van der Waals surface area (Å²) in [6, 6.07) is 10.0. The lowest BCUT2D eigenvalue weighted by molar-refractivity contribution is -0.384. The Labute approximate surface area is 136 Å². The molecule has 22 heavy (non-hydrogen) atoms. The molecule has 0 saturated heterocycles. The maximum Gasteiger partial charge on any atom is 0.289 e. The molecule has 6 nitrogen and oxygen atoms in total. The van der Waals surface area contributed by atoms with Crippen molar-refractivity contribution in [2.45, 2.75) is 11.4 Å². The topological polar surface area (TPSA) is 89.3 Å². The van der Waals surface area contributed by atoms with Gasteiger partial charge in [0.25, 0.3) is 5.69 Å². The average Bonchev–Trinajstić information content (AvgIpc) is 2.46. The molecule has 0 aliphatic rings. The zero-order valence-electron chi connectivity index (χ0n) is 11.0. The van der Waals surface area contributed by atoms with Gasteiger partial charge in [-0.25, -0.2) is 13.1 Å². The summed E-state index contributed by atoms with van der Waals surface area (Å²) in [4.78, 5) is 9.83. The summed E-state index contributed by atoms with van der Waals surface area (Å²) in [7, 11) is -3.92. The molecule has 0 aliphatic carbocycles. The van der Waals surface area contributed by atoms with E-state index < -0.39 is 20.6 Å². The summed E-state index contributed by atoms with van der Waals surface area (Å²) in [5.41, 5.74) is 0.124. The van der Waals surface area contributed by atoms with Crippen LogP contribution in [-0.2, 0) is 16.6 Å². The van der Waals surface area contributed by atoms with E-state index in [2.05, 4.69) is 4.72 Å². The molecule has 0 saturated carbocycles. The number of hydrogen-bond donors (Lipinski definition) is 1. The van der Waals surface area contributed by atoms with Gasteiger partial charge in [-0.1, -0.05) is 41.4 Å². The maximum absolute atomic E-state index is 12.2. The Bertz CT molecular complexity index is 825. The molecule has 0 unspecified atom stereocenters. The molecule has 9 heteroatoms. The van der Waals surface area contributed by atoms with E-state index in [1.165, 1.54) is 12.1 Å². The Hall–Kier alpha value is -1.67. The number of nitro groups is 1. The fourth-order valence-corrected chi connectivity index (χ4v) is 3.11. The van der Waals surface area contributed by atoms with Gasteiger partial charge in [-0.3, -0.25) is 10.1 Å². The minimum Gasteiger partial charge on any atom is -0.258 e. The molecule has 0 aliphatic heterocycles. The molecule has 0 heterocycles. The highest BCUT2D eigenvalue weighted by molar-refractivity contribution is 7.89. The van der Waals surface area contributed by atoms with E-state index >= 15 is 0 Å². The van der Waals surface area contributed by atoms with Crippen molar-refractivity contribution in [3.05, 3.63) is 68.2 Å². The van der Waals surface area contributed by atoms with Crippen LogP contribution in [0.1, 0.15) is 5.56 Å². The van der Waals surface area contributed by atoms with Gasteiger partial charge in [0.05, 0.1) is 9.82 Å². The molecule has 2 aromatic carbocycles. The molecule has 0 fully saturated rings. The first-order valence-corrected chi connectivity index (χ1v) is 8.22. The maximum atomic E-state index is 12.2. The highest BCUT2D eigenvalue weighted by atomic mass is 35.5. The van der Waals surface area contributed by atoms with E-state index in [9.17, 15) is 18.5 Å². The zero-order chi connectivity index (χ0) is 16.3. The van der Waals surface area contributed by atoms with E-state index in [0.29, 0.717) is 10.6 Å². The van der Waals surface area contributed by atoms with Crippen LogP contribution in [0, 0.1) is 10.1 Å². The van der Waals surface area contributed by atoms with Gasteiger partial charge in [-0.05, 0) is 23.8 Å². The number of rotatable bonds is 5. The van der Waals surface area contributed by atoms with Gasteiger partial charge in [0.2, 0.25) is 10.0 Å². The molecular formula is C13H10Cl2N2O4S. The second-order valence-corrected chi connectivity index (χ2v) is 6.87. The van der Waals surface area contributed by atoms with Gasteiger partial charge < -0.3 is 0 Å². The quantitative estimate of drug-likeness (QED) is 0.653. The van der Waals surface area contributed by atoms with Crippen LogP contribution in [0.25, 0.3) is 0 Å². The van der Waals surface area contributed by atoms with Crippen molar-refractivity contribution in [3.63, 3.8) is 0 Å². The first-order chi connectivity index (χ1) is 10.3. The standard InChI is InChI=1S/C13H10Cl2N2O4S/c14-11-4-2-1-3-9(11)8-16-22(20,21)10-5-6-12(15)13(7-10)17(18)19/h1-7,16H,8H2. The Morgan fingerprint density at radius 1 is 1.09 bits per heavy atom.